The van der Waals surface area contributed by atoms with Crippen LogP contribution in [0.25, 0.3) is 12.7 Å². The Balaban J connectivity index is 3.39. The van der Waals surface area contributed by atoms with Gasteiger partial charge < -0.3 is 0 Å². The van der Waals surface area contributed by atoms with Crippen LogP contribution in [0, 0.1) is 0 Å². The van der Waals surface area contributed by atoms with Crippen LogP contribution in [0.15, 0.2) is 24.1 Å². The van der Waals surface area contributed by atoms with Crippen molar-refractivity contribution in [2.24, 2.45) is 0 Å². The van der Waals surface area contributed by atoms with E-state index in [1.807, 2.05) is 17.5 Å². The summed E-state index contributed by atoms with van der Waals surface area (Å²) in [5, 5.41) is 3.20. The lowest BCUT2D eigenvalue weighted by Crippen LogP contribution is -2.14. The molecule has 0 saturated carbocycles. The summed E-state index contributed by atoms with van der Waals surface area (Å²) in [5.74, 6) is 0. The van der Waals surface area contributed by atoms with Crippen molar-refractivity contribution < 1.29 is 0 Å². The highest BCUT2D eigenvalue weighted by atomic mass is 32.1. The monoisotopic (exact) mass is 136 g/mol. The summed E-state index contributed by atoms with van der Waals surface area (Å²) in [6.07, 6.45) is 3.73. The third kappa shape index (κ3) is 1.30. The van der Waals surface area contributed by atoms with Gasteiger partial charge in [0.1, 0.15) is 0 Å². The number of rotatable bonds is 1. The van der Waals surface area contributed by atoms with Gasteiger partial charge in [-0.05, 0) is 16.7 Å². The van der Waals surface area contributed by atoms with Crippen LogP contribution in [0.5, 0.6) is 0 Å². The second-order valence-corrected chi connectivity index (χ2v) is 2.70. The molecule has 9 heavy (non-hydrogen) atoms. The lowest BCUT2D eigenvalue weighted by Gasteiger charge is -1.68. The second kappa shape index (κ2) is 2.65. The van der Waals surface area contributed by atoms with Gasteiger partial charge >= 0.3 is 0 Å². The Kier molecular flexibility index (Phi) is 1.85. The largest absolute Gasteiger partial charge is 0.144 e. The number of hydrogen-bond acceptors (Lipinski definition) is 1. The second-order valence-electron chi connectivity index (χ2n) is 1.70. The minimum Gasteiger partial charge on any atom is -0.144 e. The van der Waals surface area contributed by atoms with Crippen LogP contribution >= 0.6 is 11.3 Å². The Bertz CT molecular complexity index is 293. The van der Waals surface area contributed by atoms with Crippen molar-refractivity contribution in [2.75, 3.05) is 0 Å². The van der Waals surface area contributed by atoms with E-state index < -0.39 is 0 Å². The molecule has 0 aliphatic heterocycles. The lowest BCUT2D eigenvalue weighted by molar-refractivity contribution is 1.74. The Hall–Kier alpha value is -0.820. The van der Waals surface area contributed by atoms with Crippen LogP contribution in [0.3, 0.4) is 0 Å². The molecular formula is C8H8S. The van der Waals surface area contributed by atoms with Crippen LogP contribution in [-0.4, -0.2) is 0 Å². The normalized spacial score (nSPS) is 11.8. The summed E-state index contributed by atoms with van der Waals surface area (Å²) < 4.78 is 1.11. The minimum absolute atomic E-state index is 1.11. The highest BCUT2D eigenvalue weighted by molar-refractivity contribution is 7.07. The maximum atomic E-state index is 3.84. The molecular weight excluding hydrogens is 128 g/mol. The maximum absolute atomic E-state index is 3.84. The van der Waals surface area contributed by atoms with Crippen LogP contribution in [0.1, 0.15) is 0 Å². The predicted molar refractivity (Wildman–Crippen MR) is 43.8 cm³/mol. The molecule has 0 bridgehead atoms. The summed E-state index contributed by atoms with van der Waals surface area (Å²) in [6.45, 7) is 7.44. The molecule has 0 aliphatic carbocycles. The highest BCUT2D eigenvalue weighted by Gasteiger charge is 1.78. The molecule has 0 amide bonds. The van der Waals surface area contributed by atoms with Gasteiger partial charge in [-0.15, -0.1) is 11.3 Å². The fourth-order valence-electron chi connectivity index (χ4n) is 0.626. The van der Waals surface area contributed by atoms with Crippen LogP contribution in [0.4, 0.5) is 0 Å². The third-order valence-corrected chi connectivity index (χ3v) is 1.87. The van der Waals surface area contributed by atoms with Crippen molar-refractivity contribution in [1.29, 1.82) is 0 Å². The molecule has 0 atom stereocenters. The number of allylic oxidation sites excluding steroid dienone is 1. The SMILES string of the molecule is C=CC=c1ccsc1=C. The first-order valence-corrected chi connectivity index (χ1v) is 3.58. The van der Waals surface area contributed by atoms with Gasteiger partial charge in [0.05, 0.1) is 0 Å². The molecule has 0 N–H and O–H groups in total. The Morgan fingerprint density at radius 1 is 1.56 bits per heavy atom. The summed E-state index contributed by atoms with van der Waals surface area (Å²) in [4.78, 5) is 0. The van der Waals surface area contributed by atoms with Crippen molar-refractivity contribution in [2.45, 2.75) is 0 Å². The van der Waals surface area contributed by atoms with E-state index in [1.165, 1.54) is 5.22 Å². The van der Waals surface area contributed by atoms with Crippen molar-refractivity contribution in [1.82, 2.24) is 0 Å². The fraction of sp³-hybridized carbons (Fsp3) is 0. The van der Waals surface area contributed by atoms with Gasteiger partial charge in [0.15, 0.2) is 0 Å². The van der Waals surface area contributed by atoms with E-state index in [2.05, 4.69) is 13.2 Å². The number of hydrogen-bond donors (Lipinski definition) is 0. The first-order chi connectivity index (χ1) is 4.34. The molecule has 46 valence electrons. The summed E-state index contributed by atoms with van der Waals surface area (Å²) >= 11 is 1.65. The van der Waals surface area contributed by atoms with Crippen molar-refractivity contribution in [3.8, 4) is 0 Å². The predicted octanol–water partition coefficient (Wildman–Crippen LogP) is 1.12. The lowest BCUT2D eigenvalue weighted by atomic mass is 10.4. The average molecular weight is 136 g/mol. The van der Waals surface area contributed by atoms with Gasteiger partial charge in [0, 0.05) is 4.53 Å². The zero-order valence-electron chi connectivity index (χ0n) is 5.13. The van der Waals surface area contributed by atoms with Crippen LogP contribution in [-0.2, 0) is 0 Å². The van der Waals surface area contributed by atoms with Gasteiger partial charge in [-0.1, -0.05) is 25.3 Å². The minimum atomic E-state index is 1.11. The first-order valence-electron chi connectivity index (χ1n) is 2.70. The molecule has 0 aromatic carbocycles. The zero-order valence-corrected chi connectivity index (χ0v) is 5.95. The smallest absolute Gasteiger partial charge is 0.0270 e. The number of thiophene rings is 1. The molecule has 0 saturated heterocycles. The molecule has 1 aromatic rings. The van der Waals surface area contributed by atoms with E-state index in [0.717, 1.165) is 4.53 Å². The van der Waals surface area contributed by atoms with Crippen LogP contribution in [0.2, 0.25) is 0 Å². The van der Waals surface area contributed by atoms with Gasteiger partial charge in [0.2, 0.25) is 0 Å². The topological polar surface area (TPSA) is 0 Å². The fourth-order valence-corrected chi connectivity index (χ4v) is 1.28. The Morgan fingerprint density at radius 2 is 2.33 bits per heavy atom. The van der Waals surface area contributed by atoms with Gasteiger partial charge in [0.25, 0.3) is 0 Å². The molecule has 1 heterocycles. The Morgan fingerprint density at radius 3 is 2.78 bits per heavy atom. The van der Waals surface area contributed by atoms with Crippen molar-refractivity contribution >= 4 is 24.0 Å². The molecule has 0 nitrogen and oxygen atoms in total. The molecule has 1 aromatic heterocycles. The summed E-state index contributed by atoms with van der Waals surface area (Å²) in [5.41, 5.74) is 0. The molecule has 0 radical (unpaired) electrons. The quantitative estimate of drug-likeness (QED) is 0.543. The van der Waals surface area contributed by atoms with E-state index in [1.54, 1.807) is 17.4 Å². The molecule has 0 aliphatic rings. The maximum Gasteiger partial charge on any atom is 0.0270 e. The average Bonchev–Trinajstić information content (AvgIpc) is 2.18. The standard InChI is InChI=1S/C8H8S/c1-3-4-8-5-6-9-7(8)2/h3-6H,1-2H2. The van der Waals surface area contributed by atoms with Crippen molar-refractivity contribution in [3.05, 3.63) is 33.9 Å². The molecule has 0 unspecified atom stereocenters. The first kappa shape index (κ1) is 6.30. The molecule has 0 fully saturated rings. The van der Waals surface area contributed by atoms with E-state index >= 15 is 0 Å². The highest BCUT2D eigenvalue weighted by Crippen LogP contribution is 1.78. The van der Waals surface area contributed by atoms with Crippen molar-refractivity contribution in [3.63, 3.8) is 0 Å². The third-order valence-electron chi connectivity index (χ3n) is 1.08. The van der Waals surface area contributed by atoms with Gasteiger partial charge in [-0.25, -0.2) is 0 Å². The summed E-state index contributed by atoms with van der Waals surface area (Å²) in [6, 6.07) is 2.04. The van der Waals surface area contributed by atoms with E-state index in [0.29, 0.717) is 0 Å². The summed E-state index contributed by atoms with van der Waals surface area (Å²) in [7, 11) is 0. The van der Waals surface area contributed by atoms with E-state index in [9.17, 15) is 0 Å². The van der Waals surface area contributed by atoms with E-state index in [4.69, 9.17) is 0 Å². The van der Waals surface area contributed by atoms with Crippen LogP contribution < -0.4 is 9.75 Å². The van der Waals surface area contributed by atoms with Gasteiger partial charge in [-0.3, -0.25) is 0 Å². The van der Waals surface area contributed by atoms with E-state index in [-0.39, 0.29) is 0 Å². The Labute approximate surface area is 58.5 Å². The van der Waals surface area contributed by atoms with Gasteiger partial charge in [-0.2, -0.15) is 0 Å². The molecule has 1 heteroatoms. The molecule has 1 rings (SSSR count). The zero-order chi connectivity index (χ0) is 6.69. The molecule has 0 spiro atoms.